The van der Waals surface area contributed by atoms with Crippen LogP contribution in [0, 0.1) is 5.92 Å². The van der Waals surface area contributed by atoms with Crippen molar-refractivity contribution in [2.45, 2.75) is 58.4 Å². The summed E-state index contributed by atoms with van der Waals surface area (Å²) in [4.78, 5) is 20.7. The number of carbonyl (C=O) groups is 1. The van der Waals surface area contributed by atoms with Crippen molar-refractivity contribution in [3.05, 3.63) is 10.6 Å². The van der Waals surface area contributed by atoms with Crippen LogP contribution in [0.15, 0.2) is 0 Å². The highest BCUT2D eigenvalue weighted by Crippen LogP contribution is 2.40. The number of hydrogen-bond donors (Lipinski definition) is 0. The molecule has 0 spiro atoms. The largest absolute Gasteiger partial charge is 0.465 e. The van der Waals surface area contributed by atoms with E-state index in [9.17, 15) is 4.79 Å². The third-order valence-electron chi connectivity index (χ3n) is 4.54. The number of nitrogens with zero attached hydrogens (tertiary/aromatic N) is 2. The van der Waals surface area contributed by atoms with Crippen LogP contribution in [0.1, 0.15) is 56.5 Å². The second kappa shape index (κ2) is 5.95. The van der Waals surface area contributed by atoms with Gasteiger partial charge in [-0.05, 0) is 45.4 Å². The van der Waals surface area contributed by atoms with E-state index in [2.05, 4.69) is 18.7 Å². The predicted octanol–water partition coefficient (Wildman–Crippen LogP) is 3.36. The maximum atomic E-state index is 12.1. The van der Waals surface area contributed by atoms with Crippen molar-refractivity contribution in [2.24, 2.45) is 5.92 Å². The number of hydrogen-bond acceptors (Lipinski definition) is 5. The van der Waals surface area contributed by atoms with E-state index in [-0.39, 0.29) is 11.9 Å². The molecule has 0 N–H and O–H groups in total. The molecule has 1 aromatic heterocycles. The lowest BCUT2D eigenvalue weighted by molar-refractivity contribution is -0.145. The molecule has 21 heavy (non-hydrogen) atoms. The van der Waals surface area contributed by atoms with Gasteiger partial charge in [0, 0.05) is 17.5 Å². The van der Waals surface area contributed by atoms with Crippen LogP contribution in [0.4, 0.5) is 5.13 Å². The molecule has 3 unspecified atom stereocenters. The number of aryl methyl sites for hydroxylation is 1. The number of anilines is 1. The van der Waals surface area contributed by atoms with Gasteiger partial charge in [-0.25, -0.2) is 4.98 Å². The minimum atomic E-state index is -0.144. The van der Waals surface area contributed by atoms with Crippen molar-refractivity contribution >= 4 is 22.4 Å². The average Bonchev–Trinajstić information content (AvgIpc) is 3.01. The molecule has 1 aromatic rings. The summed E-state index contributed by atoms with van der Waals surface area (Å²) in [5, 5.41) is 1.10. The number of carbonyl (C=O) groups excluding carboxylic acids is 1. The van der Waals surface area contributed by atoms with Crippen LogP contribution in [0.25, 0.3) is 0 Å². The van der Waals surface area contributed by atoms with Gasteiger partial charge in [0.25, 0.3) is 0 Å². The van der Waals surface area contributed by atoms with Gasteiger partial charge >= 0.3 is 5.97 Å². The fourth-order valence-electron chi connectivity index (χ4n) is 3.57. The van der Waals surface area contributed by atoms with Gasteiger partial charge in [-0.1, -0.05) is 6.92 Å². The standard InChI is InChI=1S/C16H24N2O2S/c1-4-20-15(19)12-6-5-7-13-14(12)17-16(21-13)18-9-10(2)8-11(18)3/h10-12H,4-9H2,1-3H3. The van der Waals surface area contributed by atoms with E-state index in [0.717, 1.165) is 42.6 Å². The Hall–Kier alpha value is -1.10. The molecule has 2 heterocycles. The molecular weight excluding hydrogens is 284 g/mol. The van der Waals surface area contributed by atoms with E-state index < -0.39 is 0 Å². The number of rotatable bonds is 3. The monoisotopic (exact) mass is 308 g/mol. The van der Waals surface area contributed by atoms with Gasteiger partial charge in [0.1, 0.15) is 5.92 Å². The Kier molecular flexibility index (Phi) is 4.20. The Morgan fingerprint density at radius 1 is 1.48 bits per heavy atom. The number of fused-ring (bicyclic) bond motifs is 1. The summed E-state index contributed by atoms with van der Waals surface area (Å²) < 4.78 is 5.22. The molecular formula is C16H24N2O2S. The first-order valence-electron chi connectivity index (χ1n) is 8.03. The lowest BCUT2D eigenvalue weighted by Crippen LogP contribution is -2.26. The van der Waals surface area contributed by atoms with Crippen LogP contribution in [0.5, 0.6) is 0 Å². The average molecular weight is 308 g/mol. The predicted molar refractivity (Wildman–Crippen MR) is 85.0 cm³/mol. The van der Waals surface area contributed by atoms with E-state index in [1.165, 1.54) is 11.3 Å². The van der Waals surface area contributed by atoms with Crippen LogP contribution < -0.4 is 4.90 Å². The molecule has 0 saturated carbocycles. The highest BCUT2D eigenvalue weighted by Gasteiger charge is 2.34. The highest BCUT2D eigenvalue weighted by atomic mass is 32.1. The quantitative estimate of drug-likeness (QED) is 0.803. The maximum absolute atomic E-state index is 12.1. The zero-order chi connectivity index (χ0) is 15.0. The lowest BCUT2D eigenvalue weighted by atomic mass is 9.91. The SMILES string of the molecule is CCOC(=O)C1CCCc2sc(N3CC(C)CC3C)nc21. The number of ether oxygens (including phenoxy) is 1. The van der Waals surface area contributed by atoms with Gasteiger partial charge in [-0.15, -0.1) is 11.3 Å². The summed E-state index contributed by atoms with van der Waals surface area (Å²) in [5.41, 5.74) is 0.992. The highest BCUT2D eigenvalue weighted by molar-refractivity contribution is 7.15. The van der Waals surface area contributed by atoms with Crippen molar-refractivity contribution < 1.29 is 9.53 Å². The van der Waals surface area contributed by atoms with Crippen LogP contribution in [0.3, 0.4) is 0 Å². The Labute approximate surface area is 130 Å². The van der Waals surface area contributed by atoms with Gasteiger partial charge in [-0.3, -0.25) is 4.79 Å². The summed E-state index contributed by atoms with van der Waals surface area (Å²) in [6.07, 6.45) is 4.22. The van der Waals surface area contributed by atoms with Crippen LogP contribution >= 0.6 is 11.3 Å². The summed E-state index contributed by atoms with van der Waals surface area (Å²) in [6.45, 7) is 7.96. The fraction of sp³-hybridized carbons (Fsp3) is 0.750. The topological polar surface area (TPSA) is 42.4 Å². The Morgan fingerprint density at radius 3 is 2.95 bits per heavy atom. The fourth-order valence-corrected chi connectivity index (χ4v) is 4.84. The van der Waals surface area contributed by atoms with E-state index in [1.807, 2.05) is 6.92 Å². The van der Waals surface area contributed by atoms with Crippen LogP contribution in [-0.2, 0) is 16.0 Å². The number of esters is 1. The van der Waals surface area contributed by atoms with E-state index in [1.54, 1.807) is 11.3 Å². The molecule has 0 radical (unpaired) electrons. The molecule has 0 amide bonds. The van der Waals surface area contributed by atoms with Crippen LogP contribution in [-0.4, -0.2) is 30.1 Å². The molecule has 1 saturated heterocycles. The second-order valence-electron chi connectivity index (χ2n) is 6.34. The zero-order valence-electron chi connectivity index (χ0n) is 13.1. The van der Waals surface area contributed by atoms with E-state index in [4.69, 9.17) is 9.72 Å². The van der Waals surface area contributed by atoms with Crippen molar-refractivity contribution in [3.63, 3.8) is 0 Å². The molecule has 4 nitrogen and oxygen atoms in total. The summed E-state index contributed by atoms with van der Waals surface area (Å²) in [5.74, 6) is 0.481. The van der Waals surface area contributed by atoms with Crippen molar-refractivity contribution in [2.75, 3.05) is 18.1 Å². The first kappa shape index (κ1) is 14.8. The summed E-state index contributed by atoms with van der Waals surface area (Å²) in [6, 6.07) is 0.550. The first-order chi connectivity index (χ1) is 10.1. The Bertz CT molecular complexity index is 528. The van der Waals surface area contributed by atoms with Crippen molar-refractivity contribution in [1.29, 1.82) is 0 Å². The van der Waals surface area contributed by atoms with Gasteiger partial charge in [-0.2, -0.15) is 0 Å². The normalized spacial score (nSPS) is 28.5. The van der Waals surface area contributed by atoms with E-state index >= 15 is 0 Å². The molecule has 5 heteroatoms. The molecule has 116 valence electrons. The van der Waals surface area contributed by atoms with Crippen molar-refractivity contribution in [3.8, 4) is 0 Å². The van der Waals surface area contributed by atoms with Crippen LogP contribution in [0.2, 0.25) is 0 Å². The summed E-state index contributed by atoms with van der Waals surface area (Å²) in [7, 11) is 0. The minimum absolute atomic E-state index is 0.0989. The van der Waals surface area contributed by atoms with Gasteiger partial charge in [0.15, 0.2) is 5.13 Å². The second-order valence-corrected chi connectivity index (χ2v) is 7.41. The van der Waals surface area contributed by atoms with Gasteiger partial charge in [0.2, 0.25) is 0 Å². The lowest BCUT2D eigenvalue weighted by Gasteiger charge is -2.20. The molecule has 2 aliphatic rings. The zero-order valence-corrected chi connectivity index (χ0v) is 13.9. The Balaban J connectivity index is 1.86. The smallest absolute Gasteiger partial charge is 0.315 e. The third kappa shape index (κ3) is 2.80. The molecule has 1 aliphatic heterocycles. The molecule has 0 aromatic carbocycles. The first-order valence-corrected chi connectivity index (χ1v) is 8.84. The van der Waals surface area contributed by atoms with Crippen molar-refractivity contribution in [1.82, 2.24) is 4.98 Å². The third-order valence-corrected chi connectivity index (χ3v) is 5.71. The number of aromatic nitrogens is 1. The molecule has 0 bridgehead atoms. The molecule has 1 aliphatic carbocycles. The van der Waals surface area contributed by atoms with Gasteiger partial charge < -0.3 is 9.64 Å². The van der Waals surface area contributed by atoms with Gasteiger partial charge in [0.05, 0.1) is 12.3 Å². The maximum Gasteiger partial charge on any atom is 0.315 e. The molecule has 3 rings (SSSR count). The van der Waals surface area contributed by atoms with E-state index in [0.29, 0.717) is 12.6 Å². The molecule has 3 atom stereocenters. The molecule has 1 fully saturated rings. The Morgan fingerprint density at radius 2 is 2.29 bits per heavy atom. The minimum Gasteiger partial charge on any atom is -0.465 e. The number of thiazole rings is 1. The summed E-state index contributed by atoms with van der Waals surface area (Å²) >= 11 is 1.78.